The highest BCUT2D eigenvalue weighted by Crippen LogP contribution is 2.34. The molecule has 2 unspecified atom stereocenters. The van der Waals surface area contributed by atoms with E-state index in [1.807, 2.05) is 13.8 Å². The summed E-state index contributed by atoms with van der Waals surface area (Å²) < 4.78 is 25.0. The highest BCUT2D eigenvalue weighted by atomic mass is 19.1. The monoisotopic (exact) mass is 300 g/mol. The first kappa shape index (κ1) is 17.7. The molecule has 6 heteroatoms. The van der Waals surface area contributed by atoms with Crippen LogP contribution in [-0.4, -0.2) is 38.0 Å². The van der Waals surface area contributed by atoms with Gasteiger partial charge in [0.05, 0.1) is 19.3 Å². The Morgan fingerprint density at radius 3 is 2.29 bits per heavy atom. The van der Waals surface area contributed by atoms with Crippen molar-refractivity contribution >= 4 is 0 Å². The smallest absolute Gasteiger partial charge is 0.164 e. The Morgan fingerprint density at radius 1 is 1.24 bits per heavy atom. The number of aliphatic hydroxyl groups excluding tert-OH is 1. The van der Waals surface area contributed by atoms with E-state index in [1.165, 1.54) is 12.1 Å². The molecule has 21 heavy (non-hydrogen) atoms. The molecule has 0 fully saturated rings. The van der Waals surface area contributed by atoms with Gasteiger partial charge in [0.1, 0.15) is 5.82 Å². The van der Waals surface area contributed by atoms with Gasteiger partial charge in [0.25, 0.3) is 0 Å². The molecule has 0 aliphatic carbocycles. The van der Waals surface area contributed by atoms with Crippen LogP contribution in [0.4, 0.5) is 4.39 Å². The minimum Gasteiger partial charge on any atom is -0.490 e. The number of nitrogens with one attached hydrogen (secondary N) is 1. The van der Waals surface area contributed by atoms with Crippen molar-refractivity contribution in [1.82, 2.24) is 5.32 Å². The zero-order chi connectivity index (χ0) is 15.8. The molecule has 2 atom stereocenters. The molecule has 1 rings (SSSR count). The summed E-state index contributed by atoms with van der Waals surface area (Å²) in [6, 6.07) is 2.43. The molecular formula is C15H25FN2O3. The molecule has 0 saturated carbocycles. The molecule has 0 radical (unpaired) electrons. The first-order valence-electron chi connectivity index (χ1n) is 7.23. The van der Waals surface area contributed by atoms with Gasteiger partial charge in [0.15, 0.2) is 11.5 Å². The fraction of sp³-hybridized carbons (Fsp3) is 0.600. The van der Waals surface area contributed by atoms with E-state index < -0.39 is 11.9 Å². The van der Waals surface area contributed by atoms with Crippen molar-refractivity contribution in [3.05, 3.63) is 23.5 Å². The topological polar surface area (TPSA) is 76.7 Å². The van der Waals surface area contributed by atoms with Gasteiger partial charge in [-0.25, -0.2) is 4.39 Å². The number of benzene rings is 1. The summed E-state index contributed by atoms with van der Waals surface area (Å²) in [7, 11) is 1.71. The molecule has 1 aromatic carbocycles. The third-order valence-electron chi connectivity index (χ3n) is 3.21. The van der Waals surface area contributed by atoms with Crippen LogP contribution in [0.15, 0.2) is 12.1 Å². The van der Waals surface area contributed by atoms with Gasteiger partial charge in [-0.2, -0.15) is 0 Å². The lowest BCUT2D eigenvalue weighted by Gasteiger charge is -2.23. The van der Waals surface area contributed by atoms with E-state index in [2.05, 4.69) is 5.32 Å². The first-order valence-corrected chi connectivity index (χ1v) is 7.23. The minimum atomic E-state index is -1.01. The predicted octanol–water partition coefficient (Wildman–Crippen LogP) is 1.59. The van der Waals surface area contributed by atoms with E-state index in [-0.39, 0.29) is 11.6 Å². The second-order valence-corrected chi connectivity index (χ2v) is 4.60. The molecule has 0 aromatic heterocycles. The molecule has 5 nitrogen and oxygen atoms in total. The van der Waals surface area contributed by atoms with Crippen LogP contribution in [0.3, 0.4) is 0 Å². The highest BCUT2D eigenvalue weighted by Gasteiger charge is 2.24. The fourth-order valence-corrected chi connectivity index (χ4v) is 2.17. The van der Waals surface area contributed by atoms with Crippen LogP contribution < -0.4 is 20.5 Å². The van der Waals surface area contributed by atoms with Crippen LogP contribution in [0.5, 0.6) is 11.5 Å². The molecule has 0 heterocycles. The van der Waals surface area contributed by atoms with Crippen LogP contribution >= 0.6 is 0 Å². The maximum absolute atomic E-state index is 14.2. The maximum atomic E-state index is 14.2. The Balaban J connectivity index is 3.13. The summed E-state index contributed by atoms with van der Waals surface area (Å²) in [5, 5.41) is 13.3. The third kappa shape index (κ3) is 4.56. The average molecular weight is 300 g/mol. The summed E-state index contributed by atoms with van der Waals surface area (Å²) in [5.74, 6) is 0.247. The van der Waals surface area contributed by atoms with Crippen molar-refractivity contribution in [2.24, 2.45) is 5.73 Å². The van der Waals surface area contributed by atoms with Crippen LogP contribution in [0.2, 0.25) is 0 Å². The number of likely N-dealkylation sites (N-methyl/N-ethyl adjacent to an activating group) is 1. The number of nitrogens with two attached hydrogens (primary N) is 1. The van der Waals surface area contributed by atoms with Gasteiger partial charge in [0.2, 0.25) is 0 Å². The van der Waals surface area contributed by atoms with Gasteiger partial charge in [-0.15, -0.1) is 0 Å². The van der Waals surface area contributed by atoms with Crippen LogP contribution in [-0.2, 0) is 0 Å². The minimum absolute atomic E-state index is 0.176. The van der Waals surface area contributed by atoms with Crippen molar-refractivity contribution in [2.75, 3.05) is 26.8 Å². The lowest BCUT2D eigenvalue weighted by molar-refractivity contribution is 0.124. The summed E-state index contributed by atoms with van der Waals surface area (Å²) in [6.45, 7) is 4.89. The zero-order valence-electron chi connectivity index (χ0n) is 12.9. The summed E-state index contributed by atoms with van der Waals surface area (Å²) in [6.07, 6.45) is -0.470. The molecule has 0 spiro atoms. The van der Waals surface area contributed by atoms with Crippen molar-refractivity contribution in [3.63, 3.8) is 0 Å². The van der Waals surface area contributed by atoms with E-state index in [1.54, 1.807) is 7.05 Å². The maximum Gasteiger partial charge on any atom is 0.164 e. The molecule has 0 bridgehead atoms. The van der Waals surface area contributed by atoms with Gasteiger partial charge in [-0.3, -0.25) is 0 Å². The fourth-order valence-electron chi connectivity index (χ4n) is 2.17. The Bertz CT molecular complexity index is 443. The highest BCUT2D eigenvalue weighted by molar-refractivity contribution is 5.44. The molecule has 0 aliphatic rings. The van der Waals surface area contributed by atoms with E-state index in [4.69, 9.17) is 15.2 Å². The number of halogens is 1. The van der Waals surface area contributed by atoms with Gasteiger partial charge in [-0.1, -0.05) is 0 Å². The summed E-state index contributed by atoms with van der Waals surface area (Å²) in [5.41, 5.74) is 5.69. The third-order valence-corrected chi connectivity index (χ3v) is 3.21. The van der Waals surface area contributed by atoms with Crippen LogP contribution in [0, 0.1) is 5.82 Å². The van der Waals surface area contributed by atoms with Crippen molar-refractivity contribution in [2.45, 2.75) is 32.4 Å². The Kier molecular flexibility index (Phi) is 7.42. The Labute approximate surface area is 125 Å². The number of rotatable bonds is 9. The molecule has 0 aliphatic heterocycles. The van der Waals surface area contributed by atoms with E-state index in [0.29, 0.717) is 37.7 Å². The van der Waals surface area contributed by atoms with E-state index >= 15 is 0 Å². The predicted molar refractivity (Wildman–Crippen MR) is 80.2 cm³/mol. The first-order chi connectivity index (χ1) is 10.1. The summed E-state index contributed by atoms with van der Waals surface area (Å²) in [4.78, 5) is 0. The average Bonchev–Trinajstić information content (AvgIpc) is 2.47. The van der Waals surface area contributed by atoms with E-state index in [0.717, 1.165) is 0 Å². The van der Waals surface area contributed by atoms with Gasteiger partial charge in [0, 0.05) is 17.7 Å². The lowest BCUT2D eigenvalue weighted by atomic mass is 9.98. The van der Waals surface area contributed by atoms with Crippen LogP contribution in [0.25, 0.3) is 0 Å². The second kappa shape index (κ2) is 8.81. The number of aliphatic hydroxyl groups is 1. The van der Waals surface area contributed by atoms with Crippen molar-refractivity contribution < 1.29 is 19.0 Å². The molecule has 1 aromatic rings. The zero-order valence-corrected chi connectivity index (χ0v) is 12.9. The number of hydrogen-bond donors (Lipinski definition) is 3. The van der Waals surface area contributed by atoms with Gasteiger partial charge < -0.3 is 25.6 Å². The molecular weight excluding hydrogens is 275 g/mol. The molecule has 0 saturated heterocycles. The van der Waals surface area contributed by atoms with Crippen molar-refractivity contribution in [1.29, 1.82) is 0 Å². The Hall–Kier alpha value is -1.37. The lowest BCUT2D eigenvalue weighted by Crippen LogP contribution is -2.34. The molecule has 120 valence electrons. The number of ether oxygens (including phenoxy) is 2. The molecule has 4 N–H and O–H groups in total. The van der Waals surface area contributed by atoms with Crippen molar-refractivity contribution in [3.8, 4) is 11.5 Å². The van der Waals surface area contributed by atoms with E-state index in [9.17, 15) is 9.50 Å². The quantitative estimate of drug-likeness (QED) is 0.646. The number of hydrogen-bond acceptors (Lipinski definition) is 5. The second-order valence-electron chi connectivity index (χ2n) is 4.60. The van der Waals surface area contributed by atoms with Gasteiger partial charge in [-0.05, 0) is 39.9 Å². The summed E-state index contributed by atoms with van der Waals surface area (Å²) >= 11 is 0. The molecule has 0 amide bonds. The largest absolute Gasteiger partial charge is 0.490 e. The van der Waals surface area contributed by atoms with Crippen LogP contribution in [0.1, 0.15) is 31.9 Å². The SMILES string of the molecule is CCOc1cc(F)c(C(O)C(CCN)NC)cc1OCC. The van der Waals surface area contributed by atoms with Gasteiger partial charge >= 0.3 is 0 Å². The standard InChI is InChI=1S/C15H25FN2O3/c1-4-20-13-8-10(11(16)9-14(13)21-5-2)15(19)12(18-3)6-7-17/h8-9,12,15,18-19H,4-7,17H2,1-3H3. The normalized spacial score (nSPS) is 13.8. The Morgan fingerprint density at radius 2 is 1.81 bits per heavy atom.